The summed E-state index contributed by atoms with van der Waals surface area (Å²) in [4.78, 5) is 2.11. The summed E-state index contributed by atoms with van der Waals surface area (Å²) >= 11 is 0. The first-order valence-corrected chi connectivity index (χ1v) is 4.16. The molecule has 0 bridgehead atoms. The molecule has 2 nitrogen and oxygen atoms in total. The molecule has 11 heavy (non-hydrogen) atoms. The maximum atomic E-state index is 12.9. The van der Waals surface area contributed by atoms with Gasteiger partial charge < -0.3 is 4.74 Å². The normalized spacial score (nSPS) is 28.9. The third-order valence-corrected chi connectivity index (χ3v) is 1.98. The molecular weight excluding hydrogens is 145 g/mol. The zero-order chi connectivity index (χ0) is 8.27. The van der Waals surface area contributed by atoms with Crippen LogP contribution in [0.3, 0.4) is 0 Å². The molecule has 0 aliphatic carbocycles. The Morgan fingerprint density at radius 1 is 1.55 bits per heavy atom. The fourth-order valence-corrected chi connectivity index (χ4v) is 1.26. The first-order valence-electron chi connectivity index (χ1n) is 4.16. The first kappa shape index (κ1) is 8.94. The van der Waals surface area contributed by atoms with Crippen LogP contribution in [0.1, 0.15) is 13.8 Å². The van der Waals surface area contributed by atoms with Crippen molar-refractivity contribution < 1.29 is 9.13 Å². The average molecular weight is 161 g/mol. The van der Waals surface area contributed by atoms with E-state index in [1.165, 1.54) is 0 Å². The lowest BCUT2D eigenvalue weighted by Crippen LogP contribution is -2.36. The van der Waals surface area contributed by atoms with Crippen LogP contribution in [0.2, 0.25) is 0 Å². The van der Waals surface area contributed by atoms with Crippen molar-refractivity contribution in [3.05, 3.63) is 0 Å². The Balaban J connectivity index is 2.39. The van der Waals surface area contributed by atoms with Gasteiger partial charge in [-0.15, -0.1) is 0 Å². The lowest BCUT2D eigenvalue weighted by molar-refractivity contribution is 0.105. The Bertz CT molecular complexity index is 119. The van der Waals surface area contributed by atoms with Gasteiger partial charge in [-0.1, -0.05) is 0 Å². The summed E-state index contributed by atoms with van der Waals surface area (Å²) in [6.45, 7) is 6.48. The number of halogens is 1. The molecule has 0 unspecified atom stereocenters. The minimum absolute atomic E-state index is 0.267. The van der Waals surface area contributed by atoms with Crippen molar-refractivity contribution in [1.29, 1.82) is 0 Å². The highest BCUT2D eigenvalue weighted by atomic mass is 19.1. The van der Waals surface area contributed by atoms with Crippen molar-refractivity contribution in [2.75, 3.05) is 26.3 Å². The summed E-state index contributed by atoms with van der Waals surface area (Å²) in [5.74, 6) is 0. The lowest BCUT2D eigenvalue weighted by Gasteiger charge is -2.24. The van der Waals surface area contributed by atoms with Crippen LogP contribution >= 0.6 is 0 Å². The number of nitrogens with zero attached hydrogens (tertiary/aromatic N) is 1. The van der Waals surface area contributed by atoms with Gasteiger partial charge in [0.15, 0.2) is 0 Å². The number of hydrogen-bond acceptors (Lipinski definition) is 2. The molecule has 1 aliphatic heterocycles. The maximum absolute atomic E-state index is 12.9. The van der Waals surface area contributed by atoms with Crippen LogP contribution in [0.5, 0.6) is 0 Å². The van der Waals surface area contributed by atoms with Gasteiger partial charge in [0.25, 0.3) is 0 Å². The van der Waals surface area contributed by atoms with Crippen LogP contribution in [-0.2, 0) is 4.74 Å². The van der Waals surface area contributed by atoms with Gasteiger partial charge in [0, 0.05) is 19.1 Å². The molecule has 0 saturated carbocycles. The summed E-state index contributed by atoms with van der Waals surface area (Å²) in [6, 6.07) is 0.426. The van der Waals surface area contributed by atoms with E-state index in [1.54, 1.807) is 0 Å². The van der Waals surface area contributed by atoms with Gasteiger partial charge in [0.2, 0.25) is 0 Å². The topological polar surface area (TPSA) is 12.5 Å². The Morgan fingerprint density at radius 2 is 2.27 bits per heavy atom. The molecule has 0 amide bonds. The van der Waals surface area contributed by atoms with Crippen LogP contribution in [0, 0.1) is 0 Å². The zero-order valence-electron chi connectivity index (χ0n) is 7.22. The second-order valence-electron chi connectivity index (χ2n) is 3.26. The van der Waals surface area contributed by atoms with Crippen molar-refractivity contribution in [2.24, 2.45) is 0 Å². The molecule has 0 radical (unpaired) electrons. The third kappa shape index (κ3) is 2.75. The SMILES string of the molecule is CC(C)N1CCOC[C@H](F)C1. The number of alkyl halides is 1. The summed E-state index contributed by atoms with van der Waals surface area (Å²) in [7, 11) is 0. The van der Waals surface area contributed by atoms with Crippen LogP contribution in [-0.4, -0.2) is 43.4 Å². The highest BCUT2D eigenvalue weighted by molar-refractivity contribution is 4.70. The molecule has 0 aromatic heterocycles. The van der Waals surface area contributed by atoms with E-state index in [-0.39, 0.29) is 6.61 Å². The van der Waals surface area contributed by atoms with Gasteiger partial charge in [0.1, 0.15) is 6.17 Å². The van der Waals surface area contributed by atoms with Crippen molar-refractivity contribution in [3.63, 3.8) is 0 Å². The van der Waals surface area contributed by atoms with E-state index in [0.717, 1.165) is 6.54 Å². The van der Waals surface area contributed by atoms with Gasteiger partial charge in [-0.3, -0.25) is 4.90 Å². The summed E-state index contributed by atoms with van der Waals surface area (Å²) in [5.41, 5.74) is 0. The molecular formula is C8H16FNO. The number of rotatable bonds is 1. The fourth-order valence-electron chi connectivity index (χ4n) is 1.26. The van der Waals surface area contributed by atoms with Crippen molar-refractivity contribution in [3.8, 4) is 0 Å². The molecule has 1 rings (SSSR count). The second kappa shape index (κ2) is 4.02. The molecule has 1 fully saturated rings. The minimum atomic E-state index is -0.806. The monoisotopic (exact) mass is 161 g/mol. The van der Waals surface area contributed by atoms with Gasteiger partial charge in [-0.2, -0.15) is 0 Å². The summed E-state index contributed by atoms with van der Waals surface area (Å²) in [5, 5.41) is 0. The van der Waals surface area contributed by atoms with Crippen LogP contribution in [0.4, 0.5) is 4.39 Å². The molecule has 66 valence electrons. The Labute approximate surface area is 67.3 Å². The number of hydrogen-bond donors (Lipinski definition) is 0. The van der Waals surface area contributed by atoms with E-state index < -0.39 is 6.17 Å². The average Bonchev–Trinajstić information content (AvgIpc) is 2.13. The molecule has 0 aromatic rings. The van der Waals surface area contributed by atoms with Crippen LogP contribution < -0.4 is 0 Å². The summed E-state index contributed by atoms with van der Waals surface area (Å²) in [6.07, 6.45) is -0.806. The molecule has 1 heterocycles. The fraction of sp³-hybridized carbons (Fsp3) is 1.00. The van der Waals surface area contributed by atoms with Crippen LogP contribution in [0.25, 0.3) is 0 Å². The largest absolute Gasteiger partial charge is 0.377 e. The van der Waals surface area contributed by atoms with E-state index in [4.69, 9.17) is 4.74 Å². The molecule has 3 heteroatoms. The molecule has 1 atom stereocenters. The molecule has 1 saturated heterocycles. The highest BCUT2D eigenvalue weighted by Gasteiger charge is 2.19. The van der Waals surface area contributed by atoms with Gasteiger partial charge in [0.05, 0.1) is 13.2 Å². The molecule has 0 spiro atoms. The highest BCUT2D eigenvalue weighted by Crippen LogP contribution is 2.06. The minimum Gasteiger partial charge on any atom is -0.377 e. The molecule has 0 N–H and O–H groups in total. The number of ether oxygens (including phenoxy) is 1. The van der Waals surface area contributed by atoms with E-state index in [0.29, 0.717) is 19.2 Å². The predicted octanol–water partition coefficient (Wildman–Crippen LogP) is 1.07. The first-order chi connectivity index (χ1) is 5.20. The van der Waals surface area contributed by atoms with E-state index in [1.807, 2.05) is 0 Å². The van der Waals surface area contributed by atoms with Gasteiger partial charge >= 0.3 is 0 Å². The smallest absolute Gasteiger partial charge is 0.136 e. The van der Waals surface area contributed by atoms with Gasteiger partial charge in [-0.05, 0) is 13.8 Å². The Morgan fingerprint density at radius 3 is 2.91 bits per heavy atom. The second-order valence-corrected chi connectivity index (χ2v) is 3.26. The predicted molar refractivity (Wildman–Crippen MR) is 42.4 cm³/mol. The quantitative estimate of drug-likeness (QED) is 0.570. The molecule has 1 aliphatic rings. The maximum Gasteiger partial charge on any atom is 0.136 e. The Kier molecular flexibility index (Phi) is 3.27. The van der Waals surface area contributed by atoms with Crippen LogP contribution in [0.15, 0.2) is 0 Å². The molecule has 0 aromatic carbocycles. The Hall–Kier alpha value is -0.150. The lowest BCUT2D eigenvalue weighted by atomic mass is 10.3. The zero-order valence-corrected chi connectivity index (χ0v) is 7.22. The van der Waals surface area contributed by atoms with Crippen molar-refractivity contribution >= 4 is 0 Å². The van der Waals surface area contributed by atoms with Gasteiger partial charge in [-0.25, -0.2) is 4.39 Å². The van der Waals surface area contributed by atoms with E-state index in [9.17, 15) is 4.39 Å². The third-order valence-electron chi connectivity index (χ3n) is 1.98. The standard InChI is InChI=1S/C8H16FNO/c1-7(2)10-3-4-11-6-8(9)5-10/h7-8H,3-6H2,1-2H3/t8-/m1/s1. The summed E-state index contributed by atoms with van der Waals surface area (Å²) < 4.78 is 18.0. The van der Waals surface area contributed by atoms with E-state index in [2.05, 4.69) is 18.7 Å². The van der Waals surface area contributed by atoms with Crippen molar-refractivity contribution in [1.82, 2.24) is 4.90 Å². The van der Waals surface area contributed by atoms with Crippen molar-refractivity contribution in [2.45, 2.75) is 26.1 Å². The van der Waals surface area contributed by atoms with E-state index >= 15 is 0 Å².